The van der Waals surface area contributed by atoms with E-state index >= 15 is 0 Å². The second-order valence-electron chi connectivity index (χ2n) is 4.52. The topological polar surface area (TPSA) is 73.4 Å². The molecular weight excluding hydrogens is 232 g/mol. The Kier molecular flexibility index (Phi) is 4.33. The molecule has 2 heterocycles. The van der Waals surface area contributed by atoms with Crippen molar-refractivity contribution in [2.24, 2.45) is 18.7 Å². The minimum Gasteiger partial charge on any atom is -0.378 e. The molecule has 1 aliphatic heterocycles. The van der Waals surface area contributed by atoms with Crippen LogP contribution >= 0.6 is 0 Å². The third kappa shape index (κ3) is 2.88. The Hall–Kier alpha value is -1.40. The van der Waals surface area contributed by atoms with Crippen LogP contribution in [0, 0.1) is 5.92 Å². The molecule has 1 fully saturated rings. The standard InChI is InChI=1S/C12H20N4O2/c1-15-11(2-3-14-15)8-10(9-13)12(17)16-4-6-18-7-5-16/h2-3,10H,4-9,13H2,1H3. The quantitative estimate of drug-likeness (QED) is 0.776. The van der Waals surface area contributed by atoms with Crippen molar-refractivity contribution in [3.63, 3.8) is 0 Å². The fourth-order valence-electron chi connectivity index (χ4n) is 2.17. The smallest absolute Gasteiger partial charge is 0.227 e. The first kappa shape index (κ1) is 13.0. The lowest BCUT2D eigenvalue weighted by Crippen LogP contribution is -2.46. The molecule has 0 aromatic carbocycles. The van der Waals surface area contributed by atoms with Gasteiger partial charge in [0.2, 0.25) is 5.91 Å². The summed E-state index contributed by atoms with van der Waals surface area (Å²) >= 11 is 0. The van der Waals surface area contributed by atoms with Crippen LogP contribution in [0.2, 0.25) is 0 Å². The van der Waals surface area contributed by atoms with E-state index in [1.54, 1.807) is 10.9 Å². The first-order valence-corrected chi connectivity index (χ1v) is 6.26. The third-order valence-corrected chi connectivity index (χ3v) is 3.33. The van der Waals surface area contributed by atoms with E-state index < -0.39 is 0 Å². The molecule has 100 valence electrons. The molecule has 0 saturated carbocycles. The molecule has 1 atom stereocenters. The fraction of sp³-hybridized carbons (Fsp3) is 0.667. The predicted octanol–water partition coefficient (Wildman–Crippen LogP) is -0.604. The van der Waals surface area contributed by atoms with Gasteiger partial charge in [0, 0.05) is 45.0 Å². The minimum atomic E-state index is -0.168. The number of hydrogen-bond donors (Lipinski definition) is 1. The molecule has 1 aromatic rings. The van der Waals surface area contributed by atoms with Crippen molar-refractivity contribution in [2.75, 3.05) is 32.8 Å². The van der Waals surface area contributed by atoms with Crippen LogP contribution in [-0.2, 0) is 23.0 Å². The second-order valence-corrected chi connectivity index (χ2v) is 4.52. The van der Waals surface area contributed by atoms with E-state index in [1.807, 2.05) is 18.0 Å². The molecule has 0 aliphatic carbocycles. The van der Waals surface area contributed by atoms with Crippen molar-refractivity contribution in [2.45, 2.75) is 6.42 Å². The molecule has 0 radical (unpaired) electrons. The monoisotopic (exact) mass is 252 g/mol. The predicted molar refractivity (Wildman–Crippen MR) is 66.9 cm³/mol. The van der Waals surface area contributed by atoms with Crippen LogP contribution in [0.15, 0.2) is 12.3 Å². The fourth-order valence-corrected chi connectivity index (χ4v) is 2.17. The number of aryl methyl sites for hydroxylation is 1. The number of nitrogens with two attached hydrogens (primary N) is 1. The molecule has 0 spiro atoms. The average Bonchev–Trinajstić information content (AvgIpc) is 2.81. The lowest BCUT2D eigenvalue weighted by Gasteiger charge is -2.30. The van der Waals surface area contributed by atoms with Gasteiger partial charge in [-0.3, -0.25) is 9.48 Å². The summed E-state index contributed by atoms with van der Waals surface area (Å²) < 4.78 is 7.04. The number of carbonyl (C=O) groups excluding carboxylic acids is 1. The molecule has 1 saturated heterocycles. The van der Waals surface area contributed by atoms with Crippen LogP contribution in [0.5, 0.6) is 0 Å². The molecule has 2 rings (SSSR count). The van der Waals surface area contributed by atoms with Crippen LogP contribution in [-0.4, -0.2) is 53.4 Å². The molecular formula is C12H20N4O2. The second kappa shape index (κ2) is 5.97. The van der Waals surface area contributed by atoms with Crippen molar-refractivity contribution in [3.05, 3.63) is 18.0 Å². The summed E-state index contributed by atoms with van der Waals surface area (Å²) in [7, 11) is 1.88. The Labute approximate surface area is 107 Å². The first-order valence-electron chi connectivity index (χ1n) is 6.26. The van der Waals surface area contributed by atoms with E-state index in [-0.39, 0.29) is 11.8 Å². The van der Waals surface area contributed by atoms with E-state index in [0.717, 1.165) is 5.69 Å². The maximum atomic E-state index is 12.3. The van der Waals surface area contributed by atoms with Gasteiger partial charge in [0.25, 0.3) is 0 Å². The zero-order valence-corrected chi connectivity index (χ0v) is 10.7. The minimum absolute atomic E-state index is 0.127. The van der Waals surface area contributed by atoms with Gasteiger partial charge < -0.3 is 15.4 Å². The summed E-state index contributed by atoms with van der Waals surface area (Å²) in [6.45, 7) is 2.94. The summed E-state index contributed by atoms with van der Waals surface area (Å²) in [5.74, 6) is -0.0412. The SMILES string of the molecule is Cn1nccc1CC(CN)C(=O)N1CCOCC1. The van der Waals surface area contributed by atoms with E-state index in [4.69, 9.17) is 10.5 Å². The molecule has 18 heavy (non-hydrogen) atoms. The highest BCUT2D eigenvalue weighted by Gasteiger charge is 2.25. The maximum Gasteiger partial charge on any atom is 0.227 e. The van der Waals surface area contributed by atoms with E-state index in [2.05, 4.69) is 5.10 Å². The molecule has 1 unspecified atom stereocenters. The summed E-state index contributed by atoms with van der Waals surface area (Å²) in [5, 5.41) is 4.11. The van der Waals surface area contributed by atoms with Gasteiger partial charge in [0.15, 0.2) is 0 Å². The van der Waals surface area contributed by atoms with Gasteiger partial charge in [0.1, 0.15) is 0 Å². The van der Waals surface area contributed by atoms with Gasteiger partial charge in [-0.25, -0.2) is 0 Å². The molecule has 1 amide bonds. The van der Waals surface area contributed by atoms with E-state index in [0.29, 0.717) is 39.3 Å². The number of hydrogen-bond acceptors (Lipinski definition) is 4. The van der Waals surface area contributed by atoms with Crippen LogP contribution in [0.3, 0.4) is 0 Å². The summed E-state index contributed by atoms with van der Waals surface area (Å²) in [6.07, 6.45) is 2.38. The van der Waals surface area contributed by atoms with Crippen LogP contribution in [0.4, 0.5) is 0 Å². The Balaban J connectivity index is 1.99. The molecule has 6 nitrogen and oxygen atoms in total. The van der Waals surface area contributed by atoms with Crippen molar-refractivity contribution in [1.29, 1.82) is 0 Å². The van der Waals surface area contributed by atoms with Crippen LogP contribution in [0.1, 0.15) is 5.69 Å². The first-order chi connectivity index (χ1) is 8.72. The van der Waals surface area contributed by atoms with Gasteiger partial charge in [-0.05, 0) is 6.07 Å². The number of rotatable bonds is 4. The number of ether oxygens (including phenoxy) is 1. The van der Waals surface area contributed by atoms with Crippen LogP contribution in [0.25, 0.3) is 0 Å². The number of aromatic nitrogens is 2. The summed E-state index contributed by atoms with van der Waals surface area (Å²) in [6, 6.07) is 1.93. The van der Waals surface area contributed by atoms with Gasteiger partial charge in [-0.1, -0.05) is 0 Å². The molecule has 1 aromatic heterocycles. The number of carbonyl (C=O) groups is 1. The van der Waals surface area contributed by atoms with Gasteiger partial charge in [0.05, 0.1) is 19.1 Å². The highest BCUT2D eigenvalue weighted by Crippen LogP contribution is 2.11. The Bertz CT molecular complexity index is 399. The Morgan fingerprint density at radius 3 is 2.83 bits per heavy atom. The lowest BCUT2D eigenvalue weighted by molar-refractivity contribution is -0.139. The van der Waals surface area contributed by atoms with Crippen molar-refractivity contribution in [3.8, 4) is 0 Å². The van der Waals surface area contributed by atoms with Crippen LogP contribution < -0.4 is 5.73 Å². The van der Waals surface area contributed by atoms with Crippen molar-refractivity contribution >= 4 is 5.91 Å². The zero-order chi connectivity index (χ0) is 13.0. The molecule has 2 N–H and O–H groups in total. The van der Waals surface area contributed by atoms with Crippen molar-refractivity contribution in [1.82, 2.24) is 14.7 Å². The summed E-state index contributed by atoms with van der Waals surface area (Å²) in [5.41, 5.74) is 6.77. The Morgan fingerprint density at radius 1 is 1.56 bits per heavy atom. The van der Waals surface area contributed by atoms with Gasteiger partial charge in [-0.2, -0.15) is 5.10 Å². The number of nitrogens with zero attached hydrogens (tertiary/aromatic N) is 3. The average molecular weight is 252 g/mol. The number of morpholine rings is 1. The normalized spacial score (nSPS) is 17.8. The summed E-state index contributed by atoms with van der Waals surface area (Å²) in [4.78, 5) is 14.2. The van der Waals surface area contributed by atoms with Crippen molar-refractivity contribution < 1.29 is 9.53 Å². The highest BCUT2D eigenvalue weighted by molar-refractivity contribution is 5.79. The lowest BCUT2D eigenvalue weighted by atomic mass is 10.0. The van der Waals surface area contributed by atoms with E-state index in [1.165, 1.54) is 0 Å². The third-order valence-electron chi connectivity index (χ3n) is 3.33. The molecule has 6 heteroatoms. The Morgan fingerprint density at radius 2 is 2.28 bits per heavy atom. The molecule has 0 bridgehead atoms. The van der Waals surface area contributed by atoms with Gasteiger partial charge >= 0.3 is 0 Å². The van der Waals surface area contributed by atoms with Gasteiger partial charge in [-0.15, -0.1) is 0 Å². The largest absolute Gasteiger partial charge is 0.378 e. The highest BCUT2D eigenvalue weighted by atomic mass is 16.5. The maximum absolute atomic E-state index is 12.3. The molecule has 1 aliphatic rings. The number of amides is 1. The van der Waals surface area contributed by atoms with E-state index in [9.17, 15) is 4.79 Å². The zero-order valence-electron chi connectivity index (χ0n) is 10.7.